The van der Waals surface area contributed by atoms with Gasteiger partial charge in [-0.25, -0.2) is 4.79 Å². The Bertz CT molecular complexity index is 2100. The number of ether oxygens (including phenoxy) is 1. The van der Waals surface area contributed by atoms with Crippen LogP contribution in [0.3, 0.4) is 0 Å². The highest BCUT2D eigenvalue weighted by atomic mass is 35.5. The molecule has 0 unspecified atom stereocenters. The minimum Gasteiger partial charge on any atom is -0.444 e. The molecule has 0 saturated carbocycles. The molecule has 5 aromatic rings. The fraction of sp³-hybridized carbons (Fsp3) is 0.364. The molecule has 2 aromatic carbocycles. The minimum absolute atomic E-state index is 0.000648. The largest absolute Gasteiger partial charge is 0.444 e. The van der Waals surface area contributed by atoms with E-state index in [1.807, 2.05) is 42.2 Å². The van der Waals surface area contributed by atoms with Crippen molar-refractivity contribution >= 4 is 62.2 Å². The van der Waals surface area contributed by atoms with E-state index in [1.54, 1.807) is 30.2 Å². The van der Waals surface area contributed by atoms with Gasteiger partial charge in [0.2, 0.25) is 11.7 Å². The van der Waals surface area contributed by atoms with E-state index in [2.05, 4.69) is 10.4 Å². The number of halogens is 4. The minimum atomic E-state index is -4.60. The number of fused-ring (bicyclic) bond motifs is 2. The summed E-state index contributed by atoms with van der Waals surface area (Å²) >= 11 is 7.59. The smallest absolute Gasteiger partial charge is 0.416 e. The van der Waals surface area contributed by atoms with Gasteiger partial charge in [-0.3, -0.25) is 9.59 Å². The van der Waals surface area contributed by atoms with Gasteiger partial charge in [-0.1, -0.05) is 36.7 Å². The molecule has 0 aliphatic carbocycles. The summed E-state index contributed by atoms with van der Waals surface area (Å²) in [5.41, 5.74) is -1.22. The zero-order valence-corrected chi connectivity index (χ0v) is 28.7. The fourth-order valence-electron chi connectivity index (χ4n) is 5.69. The van der Waals surface area contributed by atoms with Crippen LogP contribution in [0.2, 0.25) is 5.02 Å². The summed E-state index contributed by atoms with van der Waals surface area (Å²) in [6.45, 7) is 8.10. The fourth-order valence-corrected chi connectivity index (χ4v) is 6.91. The number of nitrogens with zero attached hydrogens (tertiary/aromatic N) is 6. The van der Waals surface area contributed by atoms with Crippen LogP contribution in [-0.2, 0) is 28.7 Å². The molecule has 1 aliphatic heterocycles. The van der Waals surface area contributed by atoms with Crippen molar-refractivity contribution in [2.45, 2.75) is 52.4 Å². The molecule has 6 rings (SSSR count). The van der Waals surface area contributed by atoms with Crippen molar-refractivity contribution in [2.24, 2.45) is 0 Å². The first-order valence-corrected chi connectivity index (χ1v) is 16.7. The van der Waals surface area contributed by atoms with E-state index in [0.29, 0.717) is 49.8 Å². The second-order valence-electron chi connectivity index (χ2n) is 12.5. The van der Waals surface area contributed by atoms with Crippen molar-refractivity contribution in [2.75, 3.05) is 36.4 Å². The van der Waals surface area contributed by atoms with Crippen LogP contribution in [0.1, 0.15) is 39.0 Å². The third kappa shape index (κ3) is 7.08. The van der Waals surface area contributed by atoms with Crippen LogP contribution in [0.5, 0.6) is 0 Å². The van der Waals surface area contributed by atoms with Crippen LogP contribution in [0, 0.1) is 0 Å². The monoisotopic (exact) mass is 715 g/mol. The average Bonchev–Trinajstić information content (AvgIpc) is 3.67. The lowest BCUT2D eigenvalue weighted by Crippen LogP contribution is -2.51. The van der Waals surface area contributed by atoms with Gasteiger partial charge in [0.05, 0.1) is 26.8 Å². The molecule has 1 aliphatic rings. The Balaban J connectivity index is 1.39. The molecule has 0 atom stereocenters. The number of thiophene rings is 1. The zero-order chi connectivity index (χ0) is 35.2. The van der Waals surface area contributed by atoms with E-state index in [9.17, 15) is 27.6 Å². The maximum Gasteiger partial charge on any atom is 0.416 e. The molecule has 0 radical (unpaired) electrons. The summed E-state index contributed by atoms with van der Waals surface area (Å²) in [5.74, 6) is -0.180. The van der Waals surface area contributed by atoms with E-state index in [-0.39, 0.29) is 23.0 Å². The van der Waals surface area contributed by atoms with Crippen LogP contribution < -0.4 is 15.8 Å². The Morgan fingerprint density at radius 3 is 2.39 bits per heavy atom. The van der Waals surface area contributed by atoms with Gasteiger partial charge >= 0.3 is 12.3 Å². The number of rotatable bonds is 6. The van der Waals surface area contributed by atoms with Crippen LogP contribution in [-0.4, -0.2) is 67.8 Å². The maximum absolute atomic E-state index is 14.2. The maximum atomic E-state index is 14.2. The third-order valence-electron chi connectivity index (χ3n) is 7.93. The Hall–Kier alpha value is -4.63. The lowest BCUT2D eigenvalue weighted by atomic mass is 10.2. The summed E-state index contributed by atoms with van der Waals surface area (Å²) < 4.78 is 48.9. The van der Waals surface area contributed by atoms with Gasteiger partial charge in [-0.05, 0) is 62.9 Å². The highest BCUT2D eigenvalue weighted by Gasteiger charge is 2.32. The summed E-state index contributed by atoms with van der Waals surface area (Å²) in [7, 11) is 0. The number of aromatic nitrogens is 4. The quantitative estimate of drug-likeness (QED) is 0.208. The third-order valence-corrected chi connectivity index (χ3v) is 9.35. The van der Waals surface area contributed by atoms with Gasteiger partial charge in [0.25, 0.3) is 5.56 Å². The molecular weight excluding hydrogens is 683 g/mol. The molecule has 4 heterocycles. The molecule has 49 heavy (non-hydrogen) atoms. The highest BCUT2D eigenvalue weighted by molar-refractivity contribution is 7.22. The van der Waals surface area contributed by atoms with Crippen molar-refractivity contribution in [1.82, 2.24) is 24.1 Å². The molecule has 1 N–H and O–H groups in total. The van der Waals surface area contributed by atoms with Crippen LogP contribution >= 0.6 is 22.9 Å². The van der Waals surface area contributed by atoms with Crippen molar-refractivity contribution < 1.29 is 27.5 Å². The van der Waals surface area contributed by atoms with Crippen molar-refractivity contribution in [3.05, 3.63) is 75.2 Å². The standard InChI is InChI=1S/C33H33ClF3N7O4S/c1-5-23-27(41-12-14-42(15-13-41)31(47)48-32(2,3)4)29(46)44-30(39-28(40-44)25-16-19-8-6-7-9-24(19)49-25)43(23)18-26(45)38-22-11-10-20(17-21(22)34)33(35,36)37/h6-11,16-17H,5,12-15,18H2,1-4H3,(H,38,45). The Kier molecular flexibility index (Phi) is 9.09. The second-order valence-corrected chi connectivity index (χ2v) is 14.0. The van der Waals surface area contributed by atoms with Gasteiger partial charge in [0, 0.05) is 30.9 Å². The van der Waals surface area contributed by atoms with Crippen molar-refractivity contribution in [3.63, 3.8) is 0 Å². The number of nitrogens with one attached hydrogen (secondary N) is 1. The summed E-state index contributed by atoms with van der Waals surface area (Å²) in [6, 6.07) is 12.4. The Morgan fingerprint density at radius 2 is 1.76 bits per heavy atom. The predicted molar refractivity (Wildman–Crippen MR) is 183 cm³/mol. The molecule has 258 valence electrons. The van der Waals surface area contributed by atoms with Gasteiger partial charge in [0.1, 0.15) is 17.8 Å². The number of carbonyl (C=O) groups is 2. The number of hydrogen-bond donors (Lipinski definition) is 1. The number of anilines is 2. The molecule has 1 fully saturated rings. The first-order valence-electron chi connectivity index (χ1n) is 15.5. The van der Waals surface area contributed by atoms with Crippen LogP contribution in [0.15, 0.2) is 53.3 Å². The lowest BCUT2D eigenvalue weighted by molar-refractivity contribution is -0.137. The summed E-state index contributed by atoms with van der Waals surface area (Å²) in [6.07, 6.45) is -4.72. The molecule has 3 aromatic heterocycles. The molecular formula is C33H33ClF3N7O4S. The van der Waals surface area contributed by atoms with Crippen LogP contribution in [0.4, 0.5) is 29.3 Å². The highest BCUT2D eigenvalue weighted by Crippen LogP contribution is 2.35. The molecule has 2 amide bonds. The van der Waals surface area contributed by atoms with Crippen molar-refractivity contribution in [3.8, 4) is 10.7 Å². The number of carbonyl (C=O) groups excluding carboxylic acids is 2. The predicted octanol–water partition coefficient (Wildman–Crippen LogP) is 6.70. The molecule has 11 nitrogen and oxygen atoms in total. The summed E-state index contributed by atoms with van der Waals surface area (Å²) in [4.78, 5) is 49.3. The zero-order valence-electron chi connectivity index (χ0n) is 27.1. The Labute approximate surface area is 287 Å². The van der Waals surface area contributed by atoms with E-state index in [1.165, 1.54) is 15.9 Å². The second kappa shape index (κ2) is 13.0. The summed E-state index contributed by atoms with van der Waals surface area (Å²) in [5, 5.41) is 7.91. The van der Waals surface area contributed by atoms with E-state index < -0.39 is 34.9 Å². The van der Waals surface area contributed by atoms with Gasteiger partial charge in [-0.2, -0.15) is 22.7 Å². The molecule has 0 spiro atoms. The van der Waals surface area contributed by atoms with Gasteiger partial charge in [-0.15, -0.1) is 16.4 Å². The average molecular weight is 716 g/mol. The van der Waals surface area contributed by atoms with Crippen LogP contribution in [0.25, 0.3) is 26.6 Å². The number of piperazine rings is 1. The topological polar surface area (TPSA) is 114 Å². The SMILES string of the molecule is CCc1c(N2CCN(C(=O)OC(C)(C)C)CC2)c(=O)n2nc(-c3cc4ccccc4s3)nc2n1CC(=O)Nc1ccc(C(F)(F)F)cc1Cl. The molecule has 1 saturated heterocycles. The first-order chi connectivity index (χ1) is 23.1. The first kappa shape index (κ1) is 34.2. The number of hydrogen-bond acceptors (Lipinski definition) is 8. The van der Waals surface area contributed by atoms with Crippen molar-refractivity contribution in [1.29, 1.82) is 0 Å². The van der Waals surface area contributed by atoms with E-state index >= 15 is 0 Å². The van der Waals surface area contributed by atoms with E-state index in [0.717, 1.165) is 33.2 Å². The lowest BCUT2D eigenvalue weighted by Gasteiger charge is -2.37. The van der Waals surface area contributed by atoms with Gasteiger partial charge in [0.15, 0.2) is 5.82 Å². The number of benzene rings is 2. The van der Waals surface area contributed by atoms with Gasteiger partial charge < -0.3 is 24.4 Å². The normalized spacial score (nSPS) is 14.1. The van der Waals surface area contributed by atoms with E-state index in [4.69, 9.17) is 21.3 Å². The number of alkyl halides is 3. The Morgan fingerprint density at radius 1 is 1.04 bits per heavy atom. The molecule has 0 bridgehead atoms. The number of amides is 2. The molecule has 16 heteroatoms.